The van der Waals surface area contributed by atoms with Crippen molar-refractivity contribution in [3.63, 3.8) is 0 Å². The van der Waals surface area contributed by atoms with E-state index in [1.165, 1.54) is 0 Å². The molecule has 208 valence electrons. The summed E-state index contributed by atoms with van der Waals surface area (Å²) in [6, 6.07) is -18.4. The zero-order valence-corrected chi connectivity index (χ0v) is 19.1. The van der Waals surface area contributed by atoms with E-state index in [1.807, 2.05) is 0 Å². The summed E-state index contributed by atoms with van der Waals surface area (Å²) in [7, 11) is -3.73. The summed E-state index contributed by atoms with van der Waals surface area (Å²) >= 11 is 0. The molecule has 0 unspecified atom stereocenters. The van der Waals surface area contributed by atoms with Crippen molar-refractivity contribution in [3.8, 4) is 17.2 Å². The third-order valence-corrected chi connectivity index (χ3v) is 4.23. The molecule has 0 saturated carbocycles. The van der Waals surface area contributed by atoms with Gasteiger partial charge in [0.2, 0.25) is 12.7 Å². The highest BCUT2D eigenvalue weighted by atomic mass is 35.5. The molecule has 3 atom stereocenters. The number of carbonyl (C=O) groups is 2. The van der Waals surface area contributed by atoms with Crippen LogP contribution in [0.15, 0.2) is 42.3 Å². The Labute approximate surface area is 284 Å². The van der Waals surface area contributed by atoms with Crippen LogP contribution in [0, 0.1) is 5.89 Å². The van der Waals surface area contributed by atoms with Crippen molar-refractivity contribution in [3.05, 3.63) is 53.4 Å². The quantitative estimate of drug-likeness (QED) is 0.370. The van der Waals surface area contributed by atoms with Crippen molar-refractivity contribution < 1.29 is 79.6 Å². The van der Waals surface area contributed by atoms with E-state index in [2.05, 4.69) is 9.85 Å². The highest BCUT2D eigenvalue weighted by molar-refractivity contribution is 5.85. The lowest BCUT2D eigenvalue weighted by atomic mass is 9.82. The molecule has 1 fully saturated rings. The molecule has 1 N–H and O–H groups in total. The van der Waals surface area contributed by atoms with E-state index in [4.69, 9.17) is 52.0 Å². The Hall–Kier alpha value is -2.97. The normalized spacial score (nSPS) is 46.7. The Morgan fingerprint density at radius 1 is 1.18 bits per heavy atom. The SMILES string of the molecule is Cl.[2H]OC(=O)[C@]1([2H])[C@@]([2H])(c2c([2H])c([2H])c3c(c2[2H])OC([2H])([2H])O3)C([2H])([2H])N(C([2H])([2H])C(=O)N(C([2H])([2H])C([2H])([2H])C([2H])([2H])C([2H])([2H])[2H])C([2H])([2H])C([2H])([2H])C([2H])([2H])C([2H])([2H])[2H])[C@@]1([2H])c1c([2H])c([2H])c(OC([2H])([2H])[2H])c([2H])c1[2H]. The topological polar surface area (TPSA) is 88.5 Å². The van der Waals surface area contributed by atoms with Crippen LogP contribution >= 0.6 is 12.4 Å². The molecule has 0 aliphatic carbocycles. The largest absolute Gasteiger partial charge is 0.497 e. The van der Waals surface area contributed by atoms with E-state index < -0.39 is 189 Å². The molecule has 2 aromatic rings. The minimum atomic E-state index is -5.64. The van der Waals surface area contributed by atoms with Gasteiger partial charge >= 0.3 is 5.97 Å². The van der Waals surface area contributed by atoms with Crippen molar-refractivity contribution in [2.45, 2.75) is 51.1 Å². The van der Waals surface area contributed by atoms with Crippen molar-refractivity contribution in [2.24, 2.45) is 5.89 Å². The summed E-state index contributed by atoms with van der Waals surface area (Å²) in [5.41, 5.74) is -4.35. The second-order valence-electron chi connectivity index (χ2n) is 6.31. The molecule has 38 heavy (non-hydrogen) atoms. The molecule has 0 bridgehead atoms. The smallest absolute Gasteiger partial charge is 0.309 e. The maximum atomic E-state index is 15.4. The van der Waals surface area contributed by atoms with Gasteiger partial charge in [-0.25, -0.2) is 0 Å². The van der Waals surface area contributed by atoms with Crippen molar-refractivity contribution in [2.75, 3.05) is 39.8 Å². The number of methoxy groups -OCH3 is 1. The lowest BCUT2D eigenvalue weighted by Crippen LogP contribution is -2.42. The van der Waals surface area contributed by atoms with Gasteiger partial charge in [0.05, 0.1) is 37.2 Å². The molecule has 8 nitrogen and oxygen atoms in total. The predicted molar refractivity (Wildman–Crippen MR) is 147 cm³/mol. The summed E-state index contributed by atoms with van der Waals surface area (Å²) in [4.78, 5) is 26.5. The average Bonchev–Trinajstić information content (AvgIpc) is 3.61. The van der Waals surface area contributed by atoms with Crippen LogP contribution in [0.4, 0.5) is 0 Å². The van der Waals surface area contributed by atoms with Gasteiger partial charge in [-0.05, 0) is 48.0 Å². The fourth-order valence-corrected chi connectivity index (χ4v) is 2.82. The number of ether oxygens (including phenoxy) is 3. The number of fused-ring (bicyclic) bond motifs is 1. The third-order valence-electron chi connectivity index (χ3n) is 4.23. The molecular formula is C29H39ClN2O6. The van der Waals surface area contributed by atoms with Gasteiger partial charge in [0, 0.05) is 61.6 Å². The molecule has 4 rings (SSSR count). The summed E-state index contributed by atoms with van der Waals surface area (Å²) < 4.78 is 336. The molecule has 0 spiro atoms. The number of carboxylic acids is 1. The van der Waals surface area contributed by atoms with E-state index in [0.717, 1.165) is 0 Å². The first-order chi connectivity index (χ1) is 32.8. The first-order valence-corrected chi connectivity index (χ1v) is 9.43. The number of benzene rings is 2. The van der Waals surface area contributed by atoms with Crippen LogP contribution in [-0.2, 0) is 9.59 Å². The van der Waals surface area contributed by atoms with E-state index in [1.54, 1.807) is 0 Å². The monoisotopic (exact) mass is 584 g/mol. The fourth-order valence-electron chi connectivity index (χ4n) is 2.82. The predicted octanol–water partition coefficient (Wildman–Crippen LogP) is 5.12. The first kappa shape index (κ1) is 7.21. The maximum absolute atomic E-state index is 15.4. The van der Waals surface area contributed by atoms with Crippen molar-refractivity contribution in [1.29, 1.82) is 1.43 Å². The van der Waals surface area contributed by atoms with Gasteiger partial charge in [-0.1, -0.05) is 44.6 Å². The number of hydrogen-bond donors (Lipinski definition) is 1. The number of hydrogen-bond acceptors (Lipinski definition) is 7. The number of carbonyl (C=O) groups excluding carboxylic acids is 1. The fraction of sp³-hybridized carbons (Fsp3) is 0.517. The second kappa shape index (κ2) is 13.7. The third kappa shape index (κ3) is 6.53. The zero-order chi connectivity index (χ0) is 59.6. The van der Waals surface area contributed by atoms with Crippen LogP contribution in [0.1, 0.15) is 113 Å². The number of amides is 1. The van der Waals surface area contributed by atoms with Crippen LogP contribution in [0.25, 0.3) is 1.43 Å². The lowest BCUT2D eigenvalue weighted by Gasteiger charge is -2.30. The Morgan fingerprint density at radius 2 is 1.89 bits per heavy atom. The number of carboxylic acid groups (broad SMARTS) is 1. The van der Waals surface area contributed by atoms with Gasteiger partial charge in [0.1, 0.15) is 8.49 Å². The van der Waals surface area contributed by atoms with Crippen molar-refractivity contribution in [1.82, 2.24) is 9.80 Å². The van der Waals surface area contributed by atoms with Gasteiger partial charge in [-0.3, -0.25) is 14.5 Å². The standard InChI is InChI=1S/C29H38N2O6.ClH/c1-4-6-14-30(15-7-5-2)26(32)18-31-17-23(21-10-13-24-25(16-21)37-19-36-24)27(29(33)34)28(31)20-8-11-22(35-3)12-9-20;/h8-13,16,23,27-28H,4-7,14-15,17-19H2,1-3H3,(H,33,34);1H/t23-,27-,28+;/m1./s1/i1D3,2D3,3D3,4D2,5D2,6D2,7D2,8D,9D,10D,11D,12D,13D,14D2,15D2,16D,17D2,18D2,19D2,23D,27D,28D;/hD. The number of halogens is 1. The molecule has 2 aliphatic rings. The molecule has 1 saturated heterocycles. The molecular weight excluding hydrogens is 508 g/mol. The highest BCUT2D eigenvalue weighted by Gasteiger charge is 2.48. The van der Waals surface area contributed by atoms with Crippen LogP contribution in [0.3, 0.4) is 0 Å². The zero-order valence-electron chi connectivity index (χ0n) is 56.3. The van der Waals surface area contributed by atoms with Gasteiger partial charge in [-0.2, -0.15) is 0 Å². The number of likely N-dealkylation sites (tertiary alicyclic amines) is 1. The summed E-state index contributed by atoms with van der Waals surface area (Å²) in [5, 5.41) is 3.90. The average molecular weight is 585 g/mol. The first-order valence-electron chi connectivity index (χ1n) is 28.3. The van der Waals surface area contributed by atoms with Crippen LogP contribution in [0.5, 0.6) is 17.2 Å². The van der Waals surface area contributed by atoms with E-state index in [0.29, 0.717) is 0 Å². The van der Waals surface area contributed by atoms with E-state index >= 15 is 4.79 Å². The van der Waals surface area contributed by atoms with Crippen molar-refractivity contribution >= 4 is 24.3 Å². The molecule has 1 amide bonds. The molecule has 2 heterocycles. The van der Waals surface area contributed by atoms with Crippen LogP contribution < -0.4 is 14.2 Å². The van der Waals surface area contributed by atoms with Gasteiger partial charge in [-0.15, -0.1) is 12.4 Å². The Morgan fingerprint density at radius 3 is 2.58 bits per heavy atom. The minimum absolute atomic E-state index is 0. The highest BCUT2D eigenvalue weighted by Crippen LogP contribution is 2.47. The summed E-state index contributed by atoms with van der Waals surface area (Å²) in [5.74, 6) is -21.1. The molecule has 2 aromatic carbocycles. The Balaban J connectivity index is 0.0000152. The van der Waals surface area contributed by atoms with Crippen LogP contribution in [-0.4, -0.2) is 66.6 Å². The molecule has 2 aliphatic heterocycles. The number of aliphatic carboxylic acids is 1. The number of rotatable bonds is 12. The van der Waals surface area contributed by atoms with E-state index in [9.17, 15) is 14.4 Å². The molecule has 9 heteroatoms. The van der Waals surface area contributed by atoms with Gasteiger partial charge < -0.3 is 24.2 Å². The lowest BCUT2D eigenvalue weighted by molar-refractivity contribution is -0.144. The second-order valence-corrected chi connectivity index (χ2v) is 6.31. The van der Waals surface area contributed by atoms with Crippen LogP contribution in [0.2, 0.25) is 0 Å². The van der Waals surface area contributed by atoms with E-state index in [-0.39, 0.29) is 12.4 Å². The maximum Gasteiger partial charge on any atom is 0.309 e. The molecule has 0 radical (unpaired) electrons. The number of nitrogens with zero attached hydrogens (tertiary/aromatic N) is 2. The van der Waals surface area contributed by atoms with Gasteiger partial charge in [0.15, 0.2) is 11.5 Å². The Kier molecular flexibility index (Phi) is 2.60. The Bertz CT molecular complexity index is 2610. The molecule has 0 aromatic heterocycles. The van der Waals surface area contributed by atoms with Gasteiger partial charge in [0.25, 0.3) is 1.43 Å². The summed E-state index contributed by atoms with van der Waals surface area (Å²) in [6.45, 7) is -34.3. The minimum Gasteiger partial charge on any atom is -0.497 e. The summed E-state index contributed by atoms with van der Waals surface area (Å²) in [6.07, 6.45) is -20.1.